The SMILES string of the molecule is CCOc1ccc(NCc2ccc(C)c(Br)c2)cn1. The van der Waals surface area contributed by atoms with Gasteiger partial charge in [-0.25, -0.2) is 4.98 Å². The van der Waals surface area contributed by atoms with E-state index in [0.29, 0.717) is 12.5 Å². The maximum absolute atomic E-state index is 5.31. The molecule has 1 heterocycles. The summed E-state index contributed by atoms with van der Waals surface area (Å²) in [4.78, 5) is 4.22. The number of aryl methyl sites for hydroxylation is 1. The molecule has 100 valence electrons. The molecule has 0 saturated heterocycles. The Morgan fingerprint density at radius 3 is 2.74 bits per heavy atom. The minimum absolute atomic E-state index is 0.636. The molecule has 0 bridgehead atoms. The molecule has 19 heavy (non-hydrogen) atoms. The number of nitrogens with zero attached hydrogens (tertiary/aromatic N) is 1. The van der Waals surface area contributed by atoms with Crippen LogP contribution < -0.4 is 10.1 Å². The molecule has 0 aliphatic heterocycles. The summed E-state index contributed by atoms with van der Waals surface area (Å²) in [6, 6.07) is 10.2. The quantitative estimate of drug-likeness (QED) is 0.898. The molecule has 2 rings (SSSR count). The van der Waals surface area contributed by atoms with E-state index in [1.807, 2.05) is 19.1 Å². The number of aromatic nitrogens is 1. The minimum atomic E-state index is 0.636. The average Bonchev–Trinajstić information content (AvgIpc) is 2.42. The van der Waals surface area contributed by atoms with Crippen LogP contribution in [-0.2, 0) is 6.54 Å². The Balaban J connectivity index is 1.96. The van der Waals surface area contributed by atoms with Crippen LogP contribution in [0.4, 0.5) is 5.69 Å². The van der Waals surface area contributed by atoms with E-state index in [9.17, 15) is 0 Å². The molecule has 4 heteroatoms. The van der Waals surface area contributed by atoms with Crippen LogP contribution in [0, 0.1) is 6.92 Å². The molecular formula is C15H17BrN2O. The highest BCUT2D eigenvalue weighted by atomic mass is 79.9. The first kappa shape index (κ1) is 13.9. The number of benzene rings is 1. The van der Waals surface area contributed by atoms with Crippen LogP contribution in [0.3, 0.4) is 0 Å². The second-order valence-electron chi connectivity index (χ2n) is 4.26. The molecule has 3 nitrogen and oxygen atoms in total. The summed E-state index contributed by atoms with van der Waals surface area (Å²) in [7, 11) is 0. The van der Waals surface area contributed by atoms with E-state index in [2.05, 4.69) is 51.4 Å². The first-order chi connectivity index (χ1) is 9.19. The molecule has 0 saturated carbocycles. The van der Waals surface area contributed by atoms with Gasteiger partial charge in [0.1, 0.15) is 0 Å². The average molecular weight is 321 g/mol. The molecule has 0 aliphatic carbocycles. The fourth-order valence-corrected chi connectivity index (χ4v) is 2.09. The van der Waals surface area contributed by atoms with Crippen molar-refractivity contribution in [3.63, 3.8) is 0 Å². The molecule has 0 fully saturated rings. The zero-order valence-electron chi connectivity index (χ0n) is 11.1. The van der Waals surface area contributed by atoms with Crippen LogP contribution >= 0.6 is 15.9 Å². The van der Waals surface area contributed by atoms with Gasteiger partial charge in [-0.15, -0.1) is 0 Å². The van der Waals surface area contributed by atoms with Crippen LogP contribution in [0.5, 0.6) is 5.88 Å². The topological polar surface area (TPSA) is 34.1 Å². The monoisotopic (exact) mass is 320 g/mol. The van der Waals surface area contributed by atoms with Crippen molar-refractivity contribution < 1.29 is 4.74 Å². The molecule has 1 N–H and O–H groups in total. The van der Waals surface area contributed by atoms with Gasteiger partial charge in [0.25, 0.3) is 0 Å². The van der Waals surface area contributed by atoms with Gasteiger partial charge in [0.15, 0.2) is 0 Å². The van der Waals surface area contributed by atoms with E-state index in [-0.39, 0.29) is 0 Å². The lowest BCUT2D eigenvalue weighted by atomic mass is 10.1. The summed E-state index contributed by atoms with van der Waals surface area (Å²) in [6.45, 7) is 5.44. The maximum Gasteiger partial charge on any atom is 0.213 e. The Hall–Kier alpha value is -1.55. The van der Waals surface area contributed by atoms with Crippen molar-refractivity contribution >= 4 is 21.6 Å². The lowest BCUT2D eigenvalue weighted by Crippen LogP contribution is -2.01. The van der Waals surface area contributed by atoms with Crippen LogP contribution in [0.2, 0.25) is 0 Å². The van der Waals surface area contributed by atoms with Gasteiger partial charge >= 0.3 is 0 Å². The standard InChI is InChI=1S/C15H17BrN2O/c1-3-19-15-7-6-13(10-18-15)17-9-12-5-4-11(2)14(16)8-12/h4-8,10,17H,3,9H2,1-2H3. The molecule has 1 aromatic carbocycles. The van der Waals surface area contributed by atoms with Crippen molar-refractivity contribution in [1.82, 2.24) is 4.98 Å². The predicted octanol–water partition coefficient (Wildman–Crippen LogP) is 4.16. The number of halogens is 1. The largest absolute Gasteiger partial charge is 0.478 e. The summed E-state index contributed by atoms with van der Waals surface area (Å²) in [5, 5.41) is 3.34. The lowest BCUT2D eigenvalue weighted by Gasteiger charge is -2.08. The zero-order valence-corrected chi connectivity index (χ0v) is 12.7. The highest BCUT2D eigenvalue weighted by Gasteiger charge is 1.99. The van der Waals surface area contributed by atoms with Crippen molar-refractivity contribution in [3.05, 3.63) is 52.1 Å². The van der Waals surface area contributed by atoms with Crippen LogP contribution in [0.1, 0.15) is 18.1 Å². The molecule has 0 radical (unpaired) electrons. The zero-order chi connectivity index (χ0) is 13.7. The van der Waals surface area contributed by atoms with Gasteiger partial charge in [0, 0.05) is 17.1 Å². The predicted molar refractivity (Wildman–Crippen MR) is 81.6 cm³/mol. The first-order valence-corrected chi connectivity index (χ1v) is 7.06. The van der Waals surface area contributed by atoms with Gasteiger partial charge in [-0.05, 0) is 37.1 Å². The third-order valence-corrected chi connectivity index (χ3v) is 3.62. The van der Waals surface area contributed by atoms with E-state index in [0.717, 1.165) is 16.7 Å². The molecule has 0 spiro atoms. The molecule has 0 atom stereocenters. The lowest BCUT2D eigenvalue weighted by molar-refractivity contribution is 0.327. The van der Waals surface area contributed by atoms with Gasteiger partial charge in [-0.3, -0.25) is 0 Å². The van der Waals surface area contributed by atoms with Crippen LogP contribution in [0.15, 0.2) is 41.0 Å². The molecule has 0 aliphatic rings. The number of anilines is 1. The maximum atomic E-state index is 5.31. The molecule has 1 aromatic heterocycles. The van der Waals surface area contributed by atoms with Crippen molar-refractivity contribution in [1.29, 1.82) is 0 Å². The van der Waals surface area contributed by atoms with Crippen LogP contribution in [-0.4, -0.2) is 11.6 Å². The van der Waals surface area contributed by atoms with Gasteiger partial charge in [0.05, 0.1) is 18.5 Å². The molecule has 2 aromatic rings. The fraction of sp³-hybridized carbons (Fsp3) is 0.267. The summed E-state index contributed by atoms with van der Waals surface area (Å²) >= 11 is 3.54. The molecule has 0 unspecified atom stereocenters. The smallest absolute Gasteiger partial charge is 0.213 e. The number of nitrogens with one attached hydrogen (secondary N) is 1. The first-order valence-electron chi connectivity index (χ1n) is 6.27. The van der Waals surface area contributed by atoms with E-state index in [4.69, 9.17) is 4.74 Å². The van der Waals surface area contributed by atoms with Gasteiger partial charge in [-0.2, -0.15) is 0 Å². The Morgan fingerprint density at radius 1 is 1.26 bits per heavy atom. The second kappa shape index (κ2) is 6.57. The summed E-state index contributed by atoms with van der Waals surface area (Å²) in [5.41, 5.74) is 3.46. The number of ether oxygens (including phenoxy) is 1. The molecular weight excluding hydrogens is 304 g/mol. The van der Waals surface area contributed by atoms with Crippen LogP contribution in [0.25, 0.3) is 0 Å². The van der Waals surface area contributed by atoms with E-state index >= 15 is 0 Å². The van der Waals surface area contributed by atoms with Crippen molar-refractivity contribution in [2.45, 2.75) is 20.4 Å². The Bertz CT molecular complexity index is 540. The molecule has 0 amide bonds. The Labute approximate surface area is 122 Å². The van der Waals surface area contributed by atoms with E-state index < -0.39 is 0 Å². The van der Waals surface area contributed by atoms with Crippen molar-refractivity contribution in [2.24, 2.45) is 0 Å². The summed E-state index contributed by atoms with van der Waals surface area (Å²) in [5.74, 6) is 0.658. The van der Waals surface area contributed by atoms with Crippen molar-refractivity contribution in [2.75, 3.05) is 11.9 Å². The fourth-order valence-electron chi connectivity index (χ4n) is 1.67. The van der Waals surface area contributed by atoms with Gasteiger partial charge in [0.2, 0.25) is 5.88 Å². The third kappa shape index (κ3) is 3.96. The Morgan fingerprint density at radius 2 is 2.11 bits per heavy atom. The Kier molecular flexibility index (Phi) is 4.80. The summed E-state index contributed by atoms with van der Waals surface area (Å²) in [6.07, 6.45) is 1.79. The van der Waals surface area contributed by atoms with Gasteiger partial charge in [-0.1, -0.05) is 28.1 Å². The highest BCUT2D eigenvalue weighted by molar-refractivity contribution is 9.10. The van der Waals surface area contributed by atoms with E-state index in [1.54, 1.807) is 6.20 Å². The van der Waals surface area contributed by atoms with Gasteiger partial charge < -0.3 is 10.1 Å². The number of hydrogen-bond donors (Lipinski definition) is 1. The number of rotatable bonds is 5. The number of hydrogen-bond acceptors (Lipinski definition) is 3. The minimum Gasteiger partial charge on any atom is -0.478 e. The normalized spacial score (nSPS) is 10.3. The third-order valence-electron chi connectivity index (χ3n) is 2.76. The number of pyridine rings is 1. The van der Waals surface area contributed by atoms with Crippen molar-refractivity contribution in [3.8, 4) is 5.88 Å². The summed E-state index contributed by atoms with van der Waals surface area (Å²) < 4.78 is 6.44. The van der Waals surface area contributed by atoms with E-state index in [1.165, 1.54) is 11.1 Å². The highest BCUT2D eigenvalue weighted by Crippen LogP contribution is 2.18. The second-order valence-corrected chi connectivity index (χ2v) is 5.11.